The molecule has 1 aliphatic heterocycles. The third-order valence-electron chi connectivity index (χ3n) is 4.11. The predicted octanol–water partition coefficient (Wildman–Crippen LogP) is -0.790. The van der Waals surface area contributed by atoms with Gasteiger partial charge in [-0.05, 0) is 19.1 Å². The highest BCUT2D eigenvalue weighted by molar-refractivity contribution is 5.66. The van der Waals surface area contributed by atoms with E-state index in [2.05, 4.69) is 10.1 Å². The third kappa shape index (κ3) is 2.42. The molecule has 0 spiro atoms. The van der Waals surface area contributed by atoms with Gasteiger partial charge < -0.3 is 25.4 Å². The van der Waals surface area contributed by atoms with Crippen molar-refractivity contribution < 1.29 is 24.5 Å². The first kappa shape index (κ1) is 15.7. The number of fused-ring (bicyclic) bond motifs is 1. The lowest BCUT2D eigenvalue weighted by Crippen LogP contribution is -2.39. The van der Waals surface area contributed by atoms with Crippen LogP contribution in [-0.4, -0.2) is 55.7 Å². The summed E-state index contributed by atoms with van der Waals surface area (Å²) in [6.45, 7) is 2.75. The number of rotatable bonds is 3. The molecule has 0 unspecified atom stereocenters. The summed E-state index contributed by atoms with van der Waals surface area (Å²) in [5, 5.41) is 24.8. The fraction of sp³-hybridized carbons (Fsp3) is 0.500. The zero-order valence-electron chi connectivity index (χ0n) is 12.7. The number of nitrogens with two attached hydrogens (primary N) is 1. The fourth-order valence-electron chi connectivity index (χ4n) is 2.86. The van der Waals surface area contributed by atoms with Gasteiger partial charge >= 0.3 is 5.97 Å². The minimum atomic E-state index is -1.24. The van der Waals surface area contributed by atoms with Gasteiger partial charge in [0.05, 0.1) is 5.69 Å². The molecule has 2 aromatic rings. The van der Waals surface area contributed by atoms with Gasteiger partial charge in [0.15, 0.2) is 5.82 Å². The van der Waals surface area contributed by atoms with Gasteiger partial charge in [0.2, 0.25) is 0 Å². The summed E-state index contributed by atoms with van der Waals surface area (Å²) < 4.78 is 12.2. The molecule has 1 saturated heterocycles. The molecule has 4 N–H and O–H groups in total. The number of hydrogen-bond donors (Lipinski definition) is 3. The van der Waals surface area contributed by atoms with Gasteiger partial charge in [-0.1, -0.05) is 0 Å². The van der Waals surface area contributed by atoms with Crippen molar-refractivity contribution in [1.29, 1.82) is 0 Å². The quantitative estimate of drug-likeness (QED) is 0.626. The molecule has 3 heterocycles. The van der Waals surface area contributed by atoms with E-state index in [1.807, 2.05) is 0 Å². The van der Waals surface area contributed by atoms with Crippen LogP contribution < -0.4 is 5.73 Å². The van der Waals surface area contributed by atoms with Gasteiger partial charge in [-0.2, -0.15) is 5.10 Å². The molecule has 23 heavy (non-hydrogen) atoms. The number of ether oxygens (including phenoxy) is 2. The van der Waals surface area contributed by atoms with Crippen LogP contribution in [0.4, 0.5) is 5.82 Å². The first-order valence-corrected chi connectivity index (χ1v) is 7.10. The Labute approximate surface area is 131 Å². The van der Waals surface area contributed by atoms with Crippen LogP contribution in [-0.2, 0) is 19.9 Å². The van der Waals surface area contributed by atoms with Crippen LogP contribution in [0.25, 0.3) is 5.52 Å². The molecule has 9 heteroatoms. The number of nitrogens with zero attached hydrogens (tertiary/aromatic N) is 3. The lowest BCUT2D eigenvalue weighted by atomic mass is 9.93. The molecule has 4 atom stereocenters. The van der Waals surface area contributed by atoms with Crippen molar-refractivity contribution in [2.45, 2.75) is 37.8 Å². The highest BCUT2D eigenvalue weighted by atomic mass is 16.6. The number of esters is 1. The SMILES string of the molecule is CC(=O)OC[C@H]1O[C@@](C)(c2ccc3c(N)ncnn23)[C@H](O)[C@@H]1O. The van der Waals surface area contributed by atoms with Crippen molar-refractivity contribution in [3.8, 4) is 0 Å². The van der Waals surface area contributed by atoms with E-state index in [1.54, 1.807) is 19.1 Å². The standard InChI is InChI=1S/C14H18N4O5/c1-7(19)22-5-9-11(20)12(21)14(2,23-9)10-4-3-8-13(15)16-6-17-18(8)10/h3-4,6,9,11-12,20-21H,5H2,1-2H3,(H2,15,16,17)/t9-,11-,12-,14+/m1/s1. The van der Waals surface area contributed by atoms with E-state index >= 15 is 0 Å². The van der Waals surface area contributed by atoms with Gasteiger partial charge in [-0.3, -0.25) is 4.79 Å². The summed E-state index contributed by atoms with van der Waals surface area (Å²) >= 11 is 0. The average molecular weight is 322 g/mol. The van der Waals surface area contributed by atoms with E-state index in [0.29, 0.717) is 17.0 Å². The Morgan fingerprint density at radius 2 is 2.26 bits per heavy atom. The number of carbonyl (C=O) groups excluding carboxylic acids is 1. The number of hydrogen-bond acceptors (Lipinski definition) is 8. The second-order valence-electron chi connectivity index (χ2n) is 5.66. The van der Waals surface area contributed by atoms with E-state index in [4.69, 9.17) is 15.2 Å². The van der Waals surface area contributed by atoms with Gasteiger partial charge in [0, 0.05) is 6.92 Å². The van der Waals surface area contributed by atoms with Gasteiger partial charge in [0.25, 0.3) is 0 Å². The zero-order valence-corrected chi connectivity index (χ0v) is 12.7. The molecule has 0 amide bonds. The van der Waals surface area contributed by atoms with Crippen LogP contribution in [0.2, 0.25) is 0 Å². The fourth-order valence-corrected chi connectivity index (χ4v) is 2.86. The Morgan fingerprint density at radius 1 is 1.52 bits per heavy atom. The monoisotopic (exact) mass is 322 g/mol. The summed E-state index contributed by atoms with van der Waals surface area (Å²) in [5.41, 5.74) is 5.64. The summed E-state index contributed by atoms with van der Waals surface area (Å²) in [7, 11) is 0. The smallest absolute Gasteiger partial charge is 0.302 e. The highest BCUT2D eigenvalue weighted by Gasteiger charge is 2.53. The van der Waals surface area contributed by atoms with Crippen molar-refractivity contribution in [2.75, 3.05) is 12.3 Å². The molecular formula is C14H18N4O5. The highest BCUT2D eigenvalue weighted by Crippen LogP contribution is 2.40. The lowest BCUT2D eigenvalue weighted by Gasteiger charge is -2.27. The summed E-state index contributed by atoms with van der Waals surface area (Å²) in [6.07, 6.45) is -1.98. The minimum Gasteiger partial charge on any atom is -0.463 e. The van der Waals surface area contributed by atoms with E-state index in [1.165, 1.54) is 17.8 Å². The first-order valence-electron chi connectivity index (χ1n) is 7.10. The Hall–Kier alpha value is -2.23. The van der Waals surface area contributed by atoms with E-state index in [9.17, 15) is 15.0 Å². The lowest BCUT2D eigenvalue weighted by molar-refractivity contribution is -0.149. The molecule has 0 radical (unpaired) electrons. The van der Waals surface area contributed by atoms with E-state index in [0.717, 1.165) is 0 Å². The third-order valence-corrected chi connectivity index (χ3v) is 4.11. The molecule has 0 aromatic carbocycles. The largest absolute Gasteiger partial charge is 0.463 e. The molecular weight excluding hydrogens is 304 g/mol. The maximum absolute atomic E-state index is 10.9. The Kier molecular flexibility index (Phi) is 3.71. The zero-order chi connectivity index (χ0) is 16.8. The maximum atomic E-state index is 10.9. The van der Waals surface area contributed by atoms with E-state index in [-0.39, 0.29) is 6.61 Å². The summed E-state index contributed by atoms with van der Waals surface area (Å²) in [4.78, 5) is 14.8. The minimum absolute atomic E-state index is 0.149. The average Bonchev–Trinajstić information content (AvgIpc) is 3.03. The van der Waals surface area contributed by atoms with Crippen LogP contribution in [0.1, 0.15) is 19.5 Å². The Morgan fingerprint density at radius 3 is 2.96 bits per heavy atom. The van der Waals surface area contributed by atoms with Crippen LogP contribution in [0.15, 0.2) is 18.5 Å². The molecule has 1 fully saturated rings. The van der Waals surface area contributed by atoms with Crippen LogP contribution in [0.5, 0.6) is 0 Å². The van der Waals surface area contributed by atoms with Crippen LogP contribution >= 0.6 is 0 Å². The van der Waals surface area contributed by atoms with Gasteiger partial charge in [-0.15, -0.1) is 0 Å². The summed E-state index contributed by atoms with van der Waals surface area (Å²) in [5.74, 6) is -0.197. The molecule has 0 bridgehead atoms. The number of aliphatic hydroxyl groups is 2. The van der Waals surface area contributed by atoms with Crippen LogP contribution in [0.3, 0.4) is 0 Å². The number of nitrogen functional groups attached to an aromatic ring is 1. The van der Waals surface area contributed by atoms with Crippen LogP contribution in [0, 0.1) is 0 Å². The van der Waals surface area contributed by atoms with Crippen molar-refractivity contribution >= 4 is 17.3 Å². The molecule has 9 nitrogen and oxygen atoms in total. The van der Waals surface area contributed by atoms with Crippen molar-refractivity contribution in [1.82, 2.24) is 14.6 Å². The summed E-state index contributed by atoms with van der Waals surface area (Å²) in [6, 6.07) is 3.41. The predicted molar refractivity (Wildman–Crippen MR) is 78.3 cm³/mol. The molecule has 0 saturated carbocycles. The van der Waals surface area contributed by atoms with Crippen molar-refractivity contribution in [2.24, 2.45) is 0 Å². The molecule has 3 rings (SSSR count). The number of carbonyl (C=O) groups is 1. The van der Waals surface area contributed by atoms with Crippen molar-refractivity contribution in [3.63, 3.8) is 0 Å². The number of aromatic nitrogens is 3. The second-order valence-corrected chi connectivity index (χ2v) is 5.66. The maximum Gasteiger partial charge on any atom is 0.302 e. The second kappa shape index (κ2) is 5.44. The number of anilines is 1. The molecule has 1 aliphatic rings. The Bertz CT molecular complexity index is 748. The Balaban J connectivity index is 1.97. The van der Waals surface area contributed by atoms with E-state index < -0.39 is 29.9 Å². The molecule has 2 aromatic heterocycles. The first-order chi connectivity index (χ1) is 10.8. The topological polar surface area (TPSA) is 132 Å². The van der Waals surface area contributed by atoms with Crippen molar-refractivity contribution in [3.05, 3.63) is 24.2 Å². The van der Waals surface area contributed by atoms with Gasteiger partial charge in [-0.25, -0.2) is 9.50 Å². The normalized spacial score (nSPS) is 30.7. The molecule has 124 valence electrons. The number of aliphatic hydroxyl groups excluding tert-OH is 2. The van der Waals surface area contributed by atoms with Gasteiger partial charge in [0.1, 0.15) is 42.4 Å². The molecule has 0 aliphatic carbocycles.